The summed E-state index contributed by atoms with van der Waals surface area (Å²) >= 11 is 0. The van der Waals surface area contributed by atoms with E-state index in [0.29, 0.717) is 11.1 Å². The first-order valence-corrected chi connectivity index (χ1v) is 10.8. The van der Waals surface area contributed by atoms with Gasteiger partial charge in [0.05, 0.1) is 0 Å². The van der Waals surface area contributed by atoms with Crippen LogP contribution in [-0.2, 0) is 28.4 Å². The Morgan fingerprint density at radius 2 is 1.57 bits per heavy atom. The molecule has 2 N–H and O–H groups in total. The molecule has 0 bridgehead atoms. The molecule has 2 aromatic rings. The van der Waals surface area contributed by atoms with E-state index in [1.54, 1.807) is 60.7 Å². The fraction of sp³-hybridized carbons (Fsp3) is 0.348. The van der Waals surface area contributed by atoms with Crippen molar-refractivity contribution in [2.24, 2.45) is 0 Å². The van der Waals surface area contributed by atoms with E-state index in [2.05, 4.69) is 10.9 Å². The van der Waals surface area contributed by atoms with E-state index in [0.717, 1.165) is 7.00 Å². The first kappa shape index (κ1) is 26.3. The molecule has 2 aromatic carbocycles. The molecule has 1 aliphatic rings. The molecule has 5 atom stereocenters. The van der Waals surface area contributed by atoms with Crippen molar-refractivity contribution in [2.75, 3.05) is 13.7 Å². The average Bonchev–Trinajstić information content (AvgIpc) is 2.88. The molecule has 2 unspecified atom stereocenters. The Kier molecular flexibility index (Phi) is 9.71. The van der Waals surface area contributed by atoms with Crippen molar-refractivity contribution in [3.8, 4) is 0 Å². The summed E-state index contributed by atoms with van der Waals surface area (Å²) in [5.41, 5.74) is 5.86. The van der Waals surface area contributed by atoms with Crippen LogP contribution in [0.25, 0.3) is 0 Å². The topological polar surface area (TPSA) is 121 Å². The molecular formula is C23H25B2N2O8. The number of rotatable bonds is 10. The van der Waals surface area contributed by atoms with E-state index in [1.165, 1.54) is 14.0 Å². The summed E-state index contributed by atoms with van der Waals surface area (Å²) in [5, 5.41) is 0. The molecule has 1 fully saturated rings. The number of benzene rings is 2. The van der Waals surface area contributed by atoms with Crippen LogP contribution in [0, 0.1) is 0 Å². The quantitative estimate of drug-likeness (QED) is 0.286. The molecule has 1 aliphatic heterocycles. The fourth-order valence-corrected chi connectivity index (χ4v) is 3.55. The number of carbonyl (C=O) groups excluding carboxylic acids is 3. The van der Waals surface area contributed by atoms with E-state index in [4.69, 9.17) is 31.0 Å². The Morgan fingerprint density at radius 3 is 2.11 bits per heavy atom. The first-order chi connectivity index (χ1) is 16.9. The molecule has 1 radical (unpaired) electrons. The third-order valence-electron chi connectivity index (χ3n) is 5.17. The van der Waals surface area contributed by atoms with E-state index in [-0.39, 0.29) is 6.61 Å². The van der Waals surface area contributed by atoms with Gasteiger partial charge in [-0.25, -0.2) is 0 Å². The molecule has 1 saturated heterocycles. The summed E-state index contributed by atoms with van der Waals surface area (Å²) < 4.78 is 28.2. The third kappa shape index (κ3) is 7.08. The van der Waals surface area contributed by atoms with Crippen LogP contribution in [0.4, 0.5) is 0 Å². The fourth-order valence-electron chi connectivity index (χ4n) is 3.55. The number of hydrogen-bond donors (Lipinski definition) is 2. The van der Waals surface area contributed by atoms with Crippen molar-refractivity contribution < 1.29 is 38.0 Å². The Balaban J connectivity index is 1.85. The van der Waals surface area contributed by atoms with Gasteiger partial charge in [-0.15, -0.1) is 0 Å². The Morgan fingerprint density at radius 1 is 0.971 bits per heavy atom. The van der Waals surface area contributed by atoms with Crippen molar-refractivity contribution >= 4 is 32.2 Å². The molecule has 0 saturated carbocycles. The summed E-state index contributed by atoms with van der Waals surface area (Å²) in [5.74, 6) is -1.61. The van der Waals surface area contributed by atoms with Crippen LogP contribution in [0.1, 0.15) is 27.6 Å². The standard InChI is InChI=1S/C23H25B2N2O8/c1-14(28)26-27-18-20(34-22(30)16-11-7-4-8-12-16)19(35-25-24)17(33-23(18)31-2)13-32-21(29)15-9-5-3-6-10-15/h3-12,17-20,23,27H,13H2,1-2H3,(H,26,28)/t17?,18-,19-,20?,23+/m0/s1. The van der Waals surface area contributed by atoms with Gasteiger partial charge in [0.15, 0.2) is 0 Å². The maximum absolute atomic E-state index is 12.9. The molecule has 181 valence electrons. The van der Waals surface area contributed by atoms with Crippen LogP contribution >= 0.6 is 0 Å². The van der Waals surface area contributed by atoms with Crippen molar-refractivity contribution in [1.29, 1.82) is 0 Å². The SMILES string of the molecule is [B]=BO[C@H]1C(COC(=O)c2ccccc2)O[C@@H](OC)[C@@H](NNC(C)=O)C1OC(=O)c1ccccc1. The molecule has 10 nitrogen and oxygen atoms in total. The van der Waals surface area contributed by atoms with Crippen LogP contribution in [0.3, 0.4) is 0 Å². The summed E-state index contributed by atoms with van der Waals surface area (Å²) in [6.45, 7) is 1.05. The normalized spacial score (nSPS) is 23.4. The van der Waals surface area contributed by atoms with Gasteiger partial charge in [0.25, 0.3) is 0 Å². The van der Waals surface area contributed by atoms with Crippen LogP contribution in [0.5, 0.6) is 0 Å². The van der Waals surface area contributed by atoms with Gasteiger partial charge in [0, 0.05) is 0 Å². The molecule has 1 amide bonds. The predicted octanol–water partition coefficient (Wildman–Crippen LogP) is 0.538. The van der Waals surface area contributed by atoms with Gasteiger partial charge in [-0.05, 0) is 0 Å². The predicted molar refractivity (Wildman–Crippen MR) is 125 cm³/mol. The summed E-state index contributed by atoms with van der Waals surface area (Å²) in [6.07, 6.45) is -4.05. The second-order valence-corrected chi connectivity index (χ2v) is 7.57. The van der Waals surface area contributed by atoms with Crippen molar-refractivity contribution in [2.45, 2.75) is 37.6 Å². The van der Waals surface area contributed by atoms with Gasteiger partial charge in [-0.1, -0.05) is 0 Å². The molecule has 0 aromatic heterocycles. The third-order valence-corrected chi connectivity index (χ3v) is 5.17. The zero-order valence-corrected chi connectivity index (χ0v) is 19.3. The van der Waals surface area contributed by atoms with Gasteiger partial charge < -0.3 is 0 Å². The van der Waals surface area contributed by atoms with Crippen molar-refractivity contribution in [3.63, 3.8) is 0 Å². The number of methoxy groups -OCH3 is 1. The van der Waals surface area contributed by atoms with Gasteiger partial charge >= 0.3 is 204 Å². The van der Waals surface area contributed by atoms with Crippen molar-refractivity contribution in [3.05, 3.63) is 71.8 Å². The zero-order chi connectivity index (χ0) is 25.2. The molecule has 1 heterocycles. The minimum absolute atomic E-state index is 0.252. The number of carbonyl (C=O) groups is 3. The summed E-state index contributed by atoms with van der Waals surface area (Å²) in [6, 6.07) is 15.9. The van der Waals surface area contributed by atoms with Gasteiger partial charge in [-0.2, -0.15) is 0 Å². The number of ether oxygens (including phenoxy) is 4. The molecule has 35 heavy (non-hydrogen) atoms. The zero-order valence-electron chi connectivity index (χ0n) is 19.3. The van der Waals surface area contributed by atoms with E-state index >= 15 is 0 Å². The summed E-state index contributed by atoms with van der Waals surface area (Å²) in [4.78, 5) is 36.9. The van der Waals surface area contributed by atoms with Crippen LogP contribution in [-0.4, -0.2) is 76.6 Å². The minimum atomic E-state index is -1.08. The number of esters is 2. The van der Waals surface area contributed by atoms with Gasteiger partial charge in [-0.3, -0.25) is 0 Å². The second kappa shape index (κ2) is 12.9. The average molecular weight is 479 g/mol. The van der Waals surface area contributed by atoms with Crippen molar-refractivity contribution in [1.82, 2.24) is 10.9 Å². The maximum atomic E-state index is 12.9. The monoisotopic (exact) mass is 479 g/mol. The number of amides is 1. The Hall–Kier alpha value is -3.34. The van der Waals surface area contributed by atoms with Crippen LogP contribution < -0.4 is 10.9 Å². The van der Waals surface area contributed by atoms with Crippen LogP contribution in [0.15, 0.2) is 60.7 Å². The second-order valence-electron chi connectivity index (χ2n) is 7.57. The first-order valence-electron chi connectivity index (χ1n) is 10.8. The molecule has 0 spiro atoms. The summed E-state index contributed by atoms with van der Waals surface area (Å²) in [7, 11) is 7.84. The molecule has 12 heteroatoms. The number of hydrogen-bond acceptors (Lipinski definition) is 9. The number of hydrazine groups is 1. The van der Waals surface area contributed by atoms with E-state index in [9.17, 15) is 14.4 Å². The molecular weight excluding hydrogens is 454 g/mol. The molecule has 3 rings (SSSR count). The number of nitrogens with one attached hydrogen (secondary N) is 2. The van der Waals surface area contributed by atoms with E-state index in [1.807, 2.05) is 0 Å². The van der Waals surface area contributed by atoms with Crippen LogP contribution in [0.2, 0.25) is 0 Å². The Bertz CT molecular complexity index is 1010. The van der Waals surface area contributed by atoms with Gasteiger partial charge in [0.1, 0.15) is 0 Å². The molecule has 0 aliphatic carbocycles. The van der Waals surface area contributed by atoms with E-state index < -0.39 is 48.5 Å². The van der Waals surface area contributed by atoms with Gasteiger partial charge in [0.2, 0.25) is 0 Å². The Labute approximate surface area is 204 Å².